The average Bonchev–Trinajstić information content (AvgIpc) is 3.11. The van der Waals surface area contributed by atoms with Gasteiger partial charge in [0.15, 0.2) is 0 Å². The van der Waals surface area contributed by atoms with Crippen molar-refractivity contribution in [3.63, 3.8) is 0 Å². The monoisotopic (exact) mass is 464 g/mol. The van der Waals surface area contributed by atoms with E-state index in [4.69, 9.17) is 16.7 Å². The highest BCUT2D eigenvalue weighted by Gasteiger charge is 2.28. The minimum absolute atomic E-state index is 0.136. The average molecular weight is 465 g/mol. The van der Waals surface area contributed by atoms with Crippen molar-refractivity contribution in [3.05, 3.63) is 88.2 Å². The molecule has 1 aliphatic heterocycles. The number of rotatable bonds is 8. The molecule has 0 bridgehead atoms. The lowest BCUT2D eigenvalue weighted by atomic mass is 10.0. The van der Waals surface area contributed by atoms with Crippen LogP contribution in [0.4, 0.5) is 0 Å². The SMILES string of the molecule is CCCN(Cc1c(C)nn(Cc2ccccc2)c1Cl)C1CCN(C(=O)c2ccccc2)CC1. The van der Waals surface area contributed by atoms with Crippen LogP contribution in [0.5, 0.6) is 0 Å². The fraction of sp³-hybridized carbons (Fsp3) is 0.407. The first kappa shape index (κ1) is 23.5. The third-order valence-corrected chi connectivity index (χ3v) is 6.94. The third kappa shape index (κ3) is 5.66. The largest absolute Gasteiger partial charge is 0.339 e. The van der Waals surface area contributed by atoms with E-state index in [1.807, 2.05) is 65.0 Å². The maximum absolute atomic E-state index is 12.8. The van der Waals surface area contributed by atoms with Crippen molar-refractivity contribution in [2.45, 2.75) is 52.2 Å². The van der Waals surface area contributed by atoms with Crippen LogP contribution in [0.25, 0.3) is 0 Å². The summed E-state index contributed by atoms with van der Waals surface area (Å²) < 4.78 is 1.91. The van der Waals surface area contributed by atoms with Crippen molar-refractivity contribution in [2.24, 2.45) is 0 Å². The molecule has 0 N–H and O–H groups in total. The molecule has 1 aliphatic rings. The lowest BCUT2D eigenvalue weighted by Gasteiger charge is -2.38. The zero-order valence-electron chi connectivity index (χ0n) is 19.6. The molecule has 0 aliphatic carbocycles. The summed E-state index contributed by atoms with van der Waals surface area (Å²) in [6.07, 6.45) is 3.04. The molecule has 5 nitrogen and oxygen atoms in total. The van der Waals surface area contributed by atoms with E-state index < -0.39 is 0 Å². The molecular formula is C27H33ClN4O. The quantitative estimate of drug-likeness (QED) is 0.447. The van der Waals surface area contributed by atoms with Gasteiger partial charge in [-0.3, -0.25) is 9.69 Å². The summed E-state index contributed by atoms with van der Waals surface area (Å²) in [5, 5.41) is 5.47. The van der Waals surface area contributed by atoms with E-state index in [1.54, 1.807) is 0 Å². The minimum Gasteiger partial charge on any atom is -0.339 e. The Labute approximate surface area is 202 Å². The topological polar surface area (TPSA) is 41.4 Å². The van der Waals surface area contributed by atoms with Crippen molar-refractivity contribution in [1.29, 1.82) is 0 Å². The van der Waals surface area contributed by atoms with Crippen LogP contribution >= 0.6 is 11.6 Å². The van der Waals surface area contributed by atoms with Crippen molar-refractivity contribution in [1.82, 2.24) is 19.6 Å². The first-order valence-electron chi connectivity index (χ1n) is 11.9. The fourth-order valence-electron chi connectivity index (χ4n) is 4.71. The van der Waals surface area contributed by atoms with E-state index in [9.17, 15) is 4.79 Å². The third-order valence-electron chi connectivity index (χ3n) is 6.52. The van der Waals surface area contributed by atoms with Crippen LogP contribution in [-0.4, -0.2) is 51.2 Å². The second-order valence-electron chi connectivity index (χ2n) is 8.86. The Morgan fingerprint density at radius 3 is 2.33 bits per heavy atom. The summed E-state index contributed by atoms with van der Waals surface area (Å²) in [5.74, 6) is 0.136. The molecule has 2 heterocycles. The Bertz CT molecular complexity index is 1040. The molecule has 0 saturated carbocycles. The van der Waals surface area contributed by atoms with Crippen LogP contribution < -0.4 is 0 Å². The van der Waals surface area contributed by atoms with Crippen LogP contribution in [0.15, 0.2) is 60.7 Å². The van der Waals surface area contributed by atoms with Crippen molar-refractivity contribution < 1.29 is 4.79 Å². The summed E-state index contributed by atoms with van der Waals surface area (Å²) in [6.45, 7) is 8.33. The van der Waals surface area contributed by atoms with Gasteiger partial charge in [0.1, 0.15) is 5.15 Å². The first-order chi connectivity index (χ1) is 16.1. The number of likely N-dealkylation sites (tertiary alicyclic amines) is 1. The highest BCUT2D eigenvalue weighted by atomic mass is 35.5. The number of halogens is 1. The van der Waals surface area contributed by atoms with Gasteiger partial charge < -0.3 is 4.90 Å². The molecule has 174 valence electrons. The van der Waals surface area contributed by atoms with Gasteiger partial charge in [-0.2, -0.15) is 5.10 Å². The smallest absolute Gasteiger partial charge is 0.253 e. The van der Waals surface area contributed by atoms with E-state index in [0.717, 1.165) is 67.4 Å². The highest BCUT2D eigenvalue weighted by molar-refractivity contribution is 6.30. The van der Waals surface area contributed by atoms with E-state index >= 15 is 0 Å². The Hall–Kier alpha value is -2.63. The number of hydrogen-bond acceptors (Lipinski definition) is 3. The van der Waals surface area contributed by atoms with Gasteiger partial charge in [-0.05, 0) is 50.4 Å². The molecule has 2 aromatic carbocycles. The molecule has 1 amide bonds. The van der Waals surface area contributed by atoms with Crippen LogP contribution in [-0.2, 0) is 13.1 Å². The van der Waals surface area contributed by atoms with Crippen LogP contribution in [0.1, 0.15) is 53.4 Å². The predicted molar refractivity (Wildman–Crippen MR) is 134 cm³/mol. The fourth-order valence-corrected chi connectivity index (χ4v) is 5.00. The number of benzene rings is 2. The molecular weight excluding hydrogens is 432 g/mol. The van der Waals surface area contributed by atoms with Gasteiger partial charge in [-0.15, -0.1) is 0 Å². The van der Waals surface area contributed by atoms with Gasteiger partial charge in [0.05, 0.1) is 12.2 Å². The number of aromatic nitrogens is 2. The standard InChI is InChI=1S/C27H33ClN4O/c1-3-16-31(24-14-17-30(18-15-24)27(33)23-12-8-5-9-13-23)20-25-21(2)29-32(26(25)28)19-22-10-6-4-7-11-22/h4-13,24H,3,14-20H2,1-2H3. The first-order valence-corrected chi connectivity index (χ1v) is 12.3. The van der Waals surface area contributed by atoms with Gasteiger partial charge in [0, 0.05) is 36.8 Å². The van der Waals surface area contributed by atoms with E-state index in [1.165, 1.54) is 5.56 Å². The Morgan fingerprint density at radius 1 is 1.06 bits per heavy atom. The summed E-state index contributed by atoms with van der Waals surface area (Å²) in [4.78, 5) is 17.3. The number of piperidine rings is 1. The predicted octanol–water partition coefficient (Wildman–Crippen LogP) is 5.41. The summed E-state index contributed by atoms with van der Waals surface area (Å²) in [7, 11) is 0. The number of aryl methyl sites for hydroxylation is 1. The summed E-state index contributed by atoms with van der Waals surface area (Å²) in [5.41, 5.74) is 4.07. The van der Waals surface area contributed by atoms with Crippen molar-refractivity contribution in [2.75, 3.05) is 19.6 Å². The zero-order valence-corrected chi connectivity index (χ0v) is 20.3. The molecule has 0 atom stereocenters. The number of amides is 1. The molecule has 0 spiro atoms. The molecule has 1 aromatic heterocycles. The summed E-state index contributed by atoms with van der Waals surface area (Å²) in [6, 6.07) is 20.3. The lowest BCUT2D eigenvalue weighted by molar-refractivity contribution is 0.0607. The van der Waals surface area contributed by atoms with Crippen molar-refractivity contribution in [3.8, 4) is 0 Å². The second-order valence-corrected chi connectivity index (χ2v) is 9.22. The van der Waals surface area contributed by atoms with Gasteiger partial charge in [-0.1, -0.05) is 67.1 Å². The van der Waals surface area contributed by atoms with Gasteiger partial charge >= 0.3 is 0 Å². The normalized spacial score (nSPS) is 14.7. The summed E-state index contributed by atoms with van der Waals surface area (Å²) >= 11 is 6.82. The van der Waals surface area contributed by atoms with E-state index in [2.05, 4.69) is 24.0 Å². The van der Waals surface area contributed by atoms with E-state index in [-0.39, 0.29) is 5.91 Å². The minimum atomic E-state index is 0.136. The Morgan fingerprint density at radius 2 is 1.70 bits per heavy atom. The maximum atomic E-state index is 12.8. The van der Waals surface area contributed by atoms with Gasteiger partial charge in [-0.25, -0.2) is 4.68 Å². The number of carbonyl (C=O) groups is 1. The zero-order chi connectivity index (χ0) is 23.2. The van der Waals surface area contributed by atoms with Gasteiger partial charge in [0.2, 0.25) is 0 Å². The van der Waals surface area contributed by atoms with Gasteiger partial charge in [0.25, 0.3) is 5.91 Å². The Balaban J connectivity index is 1.42. The molecule has 0 radical (unpaired) electrons. The molecule has 33 heavy (non-hydrogen) atoms. The Kier molecular flexibility index (Phi) is 7.84. The maximum Gasteiger partial charge on any atom is 0.253 e. The number of carbonyl (C=O) groups excluding carboxylic acids is 1. The molecule has 1 saturated heterocycles. The molecule has 1 fully saturated rings. The van der Waals surface area contributed by atoms with Crippen LogP contribution in [0, 0.1) is 6.92 Å². The van der Waals surface area contributed by atoms with Crippen LogP contribution in [0.2, 0.25) is 5.15 Å². The van der Waals surface area contributed by atoms with E-state index in [0.29, 0.717) is 12.6 Å². The van der Waals surface area contributed by atoms with Crippen LogP contribution in [0.3, 0.4) is 0 Å². The lowest BCUT2D eigenvalue weighted by Crippen LogP contribution is -2.46. The number of hydrogen-bond donors (Lipinski definition) is 0. The molecule has 6 heteroatoms. The molecule has 4 rings (SSSR count). The molecule has 3 aromatic rings. The van der Waals surface area contributed by atoms with Crippen molar-refractivity contribution >= 4 is 17.5 Å². The molecule has 0 unspecified atom stereocenters. The number of nitrogens with zero attached hydrogens (tertiary/aromatic N) is 4. The highest BCUT2D eigenvalue weighted by Crippen LogP contribution is 2.26. The second kappa shape index (κ2) is 11.0.